The van der Waals surface area contributed by atoms with Gasteiger partial charge in [0.2, 0.25) is 0 Å². The first-order valence-electron chi connectivity index (χ1n) is 11.4. The van der Waals surface area contributed by atoms with Gasteiger partial charge in [0.05, 0.1) is 16.5 Å². The van der Waals surface area contributed by atoms with Gasteiger partial charge >= 0.3 is 5.97 Å². The van der Waals surface area contributed by atoms with Crippen molar-refractivity contribution in [3.05, 3.63) is 100 Å². The number of hydrogen-bond acceptors (Lipinski definition) is 5. The zero-order valence-corrected chi connectivity index (χ0v) is 20.5. The monoisotopic (exact) mass is 505 g/mol. The number of thioether (sulfide) groups is 1. The summed E-state index contributed by atoms with van der Waals surface area (Å²) in [5.41, 5.74) is 5.02. The molecule has 3 aromatic carbocycles. The number of rotatable bonds is 8. The fourth-order valence-electron chi connectivity index (χ4n) is 4.17. The van der Waals surface area contributed by atoms with Gasteiger partial charge in [-0.1, -0.05) is 48.0 Å². The Morgan fingerprint density at radius 3 is 2.83 bits per heavy atom. The lowest BCUT2D eigenvalue weighted by Gasteiger charge is -2.19. The van der Waals surface area contributed by atoms with Gasteiger partial charge in [-0.2, -0.15) is 0 Å². The summed E-state index contributed by atoms with van der Waals surface area (Å²) in [6.07, 6.45) is 0.778. The van der Waals surface area contributed by atoms with Gasteiger partial charge in [-0.15, -0.1) is 11.8 Å². The Morgan fingerprint density at radius 1 is 1.09 bits per heavy atom. The van der Waals surface area contributed by atoms with Crippen LogP contribution in [0, 0.1) is 0 Å². The molecule has 0 spiro atoms. The minimum atomic E-state index is -0.768. The number of nitrogens with zero attached hydrogens (tertiary/aromatic N) is 1. The van der Waals surface area contributed by atoms with E-state index in [2.05, 4.69) is 17.1 Å². The fraction of sp³-hybridized carbons (Fsp3) is 0.214. The number of benzene rings is 3. The molecule has 1 unspecified atom stereocenters. The molecule has 5 rings (SSSR count). The van der Waals surface area contributed by atoms with E-state index in [0.717, 1.165) is 45.0 Å². The van der Waals surface area contributed by atoms with Crippen LogP contribution in [0.4, 0.5) is 0 Å². The van der Waals surface area contributed by atoms with E-state index >= 15 is 0 Å². The first kappa shape index (κ1) is 23.5. The average Bonchev–Trinajstić information content (AvgIpc) is 3.01. The van der Waals surface area contributed by atoms with E-state index < -0.39 is 5.97 Å². The van der Waals surface area contributed by atoms with Crippen LogP contribution in [-0.4, -0.2) is 21.8 Å². The molecule has 4 aromatic rings. The second-order valence-electron chi connectivity index (χ2n) is 8.36. The number of ether oxygens (including phenoxy) is 2. The zero-order chi connectivity index (χ0) is 24.2. The van der Waals surface area contributed by atoms with E-state index in [0.29, 0.717) is 24.7 Å². The number of aromatic nitrogens is 1. The highest BCUT2D eigenvalue weighted by Crippen LogP contribution is 2.45. The number of fused-ring (bicyclic) bond motifs is 3. The van der Waals surface area contributed by atoms with Crippen LogP contribution < -0.4 is 9.47 Å². The molecule has 35 heavy (non-hydrogen) atoms. The van der Waals surface area contributed by atoms with Gasteiger partial charge in [-0.25, -0.2) is 4.98 Å². The second kappa shape index (κ2) is 10.6. The topological polar surface area (TPSA) is 68.7 Å². The molecular weight excluding hydrogens is 482 g/mol. The number of carboxylic acid groups (broad SMARTS) is 1. The molecule has 1 aromatic heterocycles. The summed E-state index contributed by atoms with van der Waals surface area (Å²) < 4.78 is 12.3. The van der Waals surface area contributed by atoms with Gasteiger partial charge in [-0.05, 0) is 59.7 Å². The molecule has 1 N–H and O–H groups in total. The van der Waals surface area contributed by atoms with Crippen LogP contribution in [0.5, 0.6) is 11.5 Å². The Morgan fingerprint density at radius 2 is 1.94 bits per heavy atom. The standard InChI is InChI=1S/C28H24ClNO4S/c29-20-9-7-18-8-10-21(30-25(18)14-20)17-33-22-11-12-26-24(15-22)28(35-13-3-6-27(31)32)23-5-2-1-4-19(23)16-34-26/h1-2,4-5,7-12,14-15,28H,3,6,13,16-17H2,(H,31,32). The van der Waals surface area contributed by atoms with Crippen molar-refractivity contribution in [3.63, 3.8) is 0 Å². The number of halogens is 1. The molecule has 0 saturated carbocycles. The number of aliphatic carboxylic acids is 1. The second-order valence-corrected chi connectivity index (χ2v) is 10.0. The van der Waals surface area contributed by atoms with Crippen LogP contribution in [0.1, 0.15) is 40.5 Å². The fourth-order valence-corrected chi connectivity index (χ4v) is 5.66. The maximum atomic E-state index is 11.0. The van der Waals surface area contributed by atoms with Crippen molar-refractivity contribution in [2.24, 2.45) is 0 Å². The Bertz CT molecular complexity index is 1380. The minimum absolute atomic E-state index is 0.0296. The summed E-state index contributed by atoms with van der Waals surface area (Å²) in [5, 5.41) is 10.7. The van der Waals surface area contributed by atoms with Gasteiger partial charge in [-0.3, -0.25) is 4.79 Å². The third kappa shape index (κ3) is 5.55. The predicted octanol–water partition coefficient (Wildman–Crippen LogP) is 7.05. The van der Waals surface area contributed by atoms with Crippen LogP contribution in [-0.2, 0) is 18.0 Å². The van der Waals surface area contributed by atoms with Crippen LogP contribution in [0.2, 0.25) is 5.02 Å². The Balaban J connectivity index is 1.38. The third-order valence-corrected chi connectivity index (χ3v) is 7.50. The van der Waals surface area contributed by atoms with Gasteiger partial charge in [0.25, 0.3) is 0 Å². The van der Waals surface area contributed by atoms with Crippen molar-refractivity contribution in [1.82, 2.24) is 4.98 Å². The van der Waals surface area contributed by atoms with Gasteiger partial charge in [0.1, 0.15) is 24.7 Å². The normalized spacial score (nSPS) is 14.5. The Hall–Kier alpha value is -3.22. The highest BCUT2D eigenvalue weighted by molar-refractivity contribution is 7.99. The summed E-state index contributed by atoms with van der Waals surface area (Å²) in [5.74, 6) is 1.52. The Kier molecular flexibility index (Phi) is 7.11. The molecule has 7 heteroatoms. The van der Waals surface area contributed by atoms with Crippen molar-refractivity contribution in [2.75, 3.05) is 5.75 Å². The maximum absolute atomic E-state index is 11.0. The summed E-state index contributed by atoms with van der Waals surface area (Å²) in [6, 6.07) is 23.8. The van der Waals surface area contributed by atoms with Crippen LogP contribution in [0.25, 0.3) is 10.9 Å². The van der Waals surface area contributed by atoms with E-state index in [-0.39, 0.29) is 11.7 Å². The molecule has 0 radical (unpaired) electrons. The lowest BCUT2D eigenvalue weighted by atomic mass is 10.00. The van der Waals surface area contributed by atoms with E-state index in [1.165, 1.54) is 5.56 Å². The number of carbonyl (C=O) groups is 1. The maximum Gasteiger partial charge on any atom is 0.303 e. The zero-order valence-electron chi connectivity index (χ0n) is 18.9. The van der Waals surface area contributed by atoms with Crippen molar-refractivity contribution >= 4 is 40.2 Å². The molecular formula is C28H24ClNO4S. The lowest BCUT2D eigenvalue weighted by molar-refractivity contribution is -0.137. The molecule has 1 atom stereocenters. The molecule has 178 valence electrons. The first-order valence-corrected chi connectivity index (χ1v) is 12.9. The largest absolute Gasteiger partial charge is 0.489 e. The van der Waals surface area contributed by atoms with Crippen molar-refractivity contribution < 1.29 is 19.4 Å². The van der Waals surface area contributed by atoms with Crippen molar-refractivity contribution in [1.29, 1.82) is 0 Å². The van der Waals surface area contributed by atoms with Crippen molar-refractivity contribution in [3.8, 4) is 11.5 Å². The van der Waals surface area contributed by atoms with Crippen LogP contribution in [0.15, 0.2) is 72.8 Å². The number of pyridine rings is 1. The average molecular weight is 506 g/mol. The highest BCUT2D eigenvalue weighted by Gasteiger charge is 2.25. The van der Waals surface area contributed by atoms with Gasteiger partial charge in [0, 0.05) is 22.4 Å². The molecule has 2 heterocycles. The summed E-state index contributed by atoms with van der Waals surface area (Å²) in [7, 11) is 0. The quantitative estimate of drug-likeness (QED) is 0.259. The van der Waals surface area contributed by atoms with E-state index in [9.17, 15) is 4.79 Å². The molecule has 1 aliphatic rings. The third-order valence-electron chi connectivity index (χ3n) is 5.90. The van der Waals surface area contributed by atoms with E-state index in [1.54, 1.807) is 11.8 Å². The molecule has 0 aliphatic carbocycles. The smallest absolute Gasteiger partial charge is 0.303 e. The predicted molar refractivity (Wildman–Crippen MR) is 139 cm³/mol. The van der Waals surface area contributed by atoms with Crippen molar-refractivity contribution in [2.45, 2.75) is 31.3 Å². The van der Waals surface area contributed by atoms with E-state index in [1.807, 2.05) is 60.7 Å². The first-order chi connectivity index (χ1) is 17.1. The lowest BCUT2D eigenvalue weighted by Crippen LogP contribution is -2.03. The summed E-state index contributed by atoms with van der Waals surface area (Å²) >= 11 is 7.86. The van der Waals surface area contributed by atoms with Crippen LogP contribution in [0.3, 0.4) is 0 Å². The molecule has 0 fully saturated rings. The van der Waals surface area contributed by atoms with Gasteiger partial charge in [0.15, 0.2) is 0 Å². The Labute approximate surface area is 213 Å². The van der Waals surface area contributed by atoms with Crippen LogP contribution >= 0.6 is 23.4 Å². The SMILES string of the molecule is O=C(O)CCCSC1c2ccccc2COc2ccc(OCc3ccc4ccc(Cl)cc4n3)cc21. The molecule has 0 saturated heterocycles. The molecule has 0 amide bonds. The minimum Gasteiger partial charge on any atom is -0.489 e. The molecule has 1 aliphatic heterocycles. The molecule has 0 bridgehead atoms. The van der Waals surface area contributed by atoms with E-state index in [4.69, 9.17) is 26.2 Å². The summed E-state index contributed by atoms with van der Waals surface area (Å²) in [6.45, 7) is 0.828. The summed E-state index contributed by atoms with van der Waals surface area (Å²) in [4.78, 5) is 15.6. The highest BCUT2D eigenvalue weighted by atomic mass is 35.5. The number of hydrogen-bond donors (Lipinski definition) is 1. The number of carboxylic acids is 1. The molecule has 5 nitrogen and oxygen atoms in total. The van der Waals surface area contributed by atoms with Gasteiger partial charge < -0.3 is 14.6 Å².